The summed E-state index contributed by atoms with van der Waals surface area (Å²) < 4.78 is 6.07. The Hall–Kier alpha value is -1.05. The van der Waals surface area contributed by atoms with Crippen LogP contribution in [0.5, 0.6) is 0 Å². The minimum Gasteiger partial charge on any atom is -0.384 e. The van der Waals surface area contributed by atoms with E-state index in [1.807, 2.05) is 31.2 Å². The molecule has 86 valence electrons. The summed E-state index contributed by atoms with van der Waals surface area (Å²) in [5.41, 5.74) is 0.942. The van der Waals surface area contributed by atoms with Crippen LogP contribution in [0.25, 0.3) is 0 Å². The zero-order valence-corrected chi connectivity index (χ0v) is 11.0. The minimum atomic E-state index is -0.235. The van der Waals surface area contributed by atoms with Crippen molar-refractivity contribution in [3.05, 3.63) is 28.7 Å². The van der Waals surface area contributed by atoms with Crippen molar-refractivity contribution in [2.75, 3.05) is 19.0 Å². The normalized spacial score (nSPS) is 13.9. The van der Waals surface area contributed by atoms with Gasteiger partial charge in [-0.3, -0.25) is 0 Å². The number of hydrogen-bond acceptors (Lipinski definition) is 3. The molecule has 1 N–H and O–H groups in total. The van der Waals surface area contributed by atoms with Crippen molar-refractivity contribution >= 4 is 21.6 Å². The third-order valence-corrected chi connectivity index (χ3v) is 2.83. The molecule has 1 aromatic carbocycles. The molecule has 4 heteroatoms. The van der Waals surface area contributed by atoms with Gasteiger partial charge in [-0.15, -0.1) is 0 Å². The molecule has 1 rings (SSSR count). The zero-order chi connectivity index (χ0) is 12.0. The van der Waals surface area contributed by atoms with Gasteiger partial charge in [0.15, 0.2) is 0 Å². The summed E-state index contributed by atoms with van der Waals surface area (Å²) in [7, 11) is 1.64. The molecule has 1 aromatic rings. The Labute approximate surface area is 105 Å². The number of rotatable bonds is 5. The Bertz CT molecular complexity index is 358. The molecule has 3 nitrogen and oxygen atoms in total. The maximum Gasteiger partial charge on any atom is 0.119 e. The van der Waals surface area contributed by atoms with Crippen molar-refractivity contribution < 1.29 is 4.74 Å². The predicted octanol–water partition coefficient (Wildman–Crippen LogP) is 3.04. The van der Waals surface area contributed by atoms with Gasteiger partial charge in [0.1, 0.15) is 6.04 Å². The van der Waals surface area contributed by atoms with E-state index in [2.05, 4.69) is 27.3 Å². The Morgan fingerprint density at radius 3 is 2.56 bits per heavy atom. The minimum absolute atomic E-state index is 0.152. The Kier molecular flexibility index (Phi) is 5.30. The van der Waals surface area contributed by atoms with E-state index in [0.29, 0.717) is 6.61 Å². The first-order chi connectivity index (χ1) is 7.67. The van der Waals surface area contributed by atoms with Gasteiger partial charge in [-0.05, 0) is 24.3 Å². The lowest BCUT2D eigenvalue weighted by atomic mass is 10.0. The SMILES string of the molecule is COCC(C)C(C#N)Nc1ccc(Br)cc1. The third-order valence-electron chi connectivity index (χ3n) is 2.30. The molecule has 16 heavy (non-hydrogen) atoms. The lowest BCUT2D eigenvalue weighted by Gasteiger charge is -2.19. The fourth-order valence-electron chi connectivity index (χ4n) is 1.39. The van der Waals surface area contributed by atoms with Gasteiger partial charge in [0.25, 0.3) is 0 Å². The van der Waals surface area contributed by atoms with E-state index < -0.39 is 0 Å². The molecule has 0 amide bonds. The van der Waals surface area contributed by atoms with Crippen molar-refractivity contribution in [3.63, 3.8) is 0 Å². The van der Waals surface area contributed by atoms with Gasteiger partial charge < -0.3 is 10.1 Å². The monoisotopic (exact) mass is 282 g/mol. The van der Waals surface area contributed by atoms with E-state index in [1.165, 1.54) is 0 Å². The fraction of sp³-hybridized carbons (Fsp3) is 0.417. The van der Waals surface area contributed by atoms with Crippen LogP contribution in [0.2, 0.25) is 0 Å². The fourth-order valence-corrected chi connectivity index (χ4v) is 1.65. The van der Waals surface area contributed by atoms with Crippen LogP contribution in [0.15, 0.2) is 28.7 Å². The molecule has 0 aromatic heterocycles. The first kappa shape index (κ1) is 13.0. The summed E-state index contributed by atoms with van der Waals surface area (Å²) >= 11 is 3.37. The predicted molar refractivity (Wildman–Crippen MR) is 68.2 cm³/mol. The molecule has 2 atom stereocenters. The second kappa shape index (κ2) is 6.51. The van der Waals surface area contributed by atoms with Crippen LogP contribution in [0.1, 0.15) is 6.92 Å². The summed E-state index contributed by atoms with van der Waals surface area (Å²) in [5, 5.41) is 12.2. The van der Waals surface area contributed by atoms with Crippen molar-refractivity contribution in [3.8, 4) is 6.07 Å². The van der Waals surface area contributed by atoms with Crippen LogP contribution >= 0.6 is 15.9 Å². The first-order valence-corrected chi connectivity index (χ1v) is 5.87. The smallest absolute Gasteiger partial charge is 0.119 e. The standard InChI is InChI=1S/C12H15BrN2O/c1-9(8-16-2)12(7-14)15-11-5-3-10(13)4-6-11/h3-6,9,12,15H,8H2,1-2H3. The third kappa shape index (κ3) is 3.84. The molecule has 0 aliphatic rings. The van der Waals surface area contributed by atoms with Crippen LogP contribution in [0.3, 0.4) is 0 Å². The number of hydrogen-bond donors (Lipinski definition) is 1. The highest BCUT2D eigenvalue weighted by Gasteiger charge is 2.16. The van der Waals surface area contributed by atoms with E-state index >= 15 is 0 Å². The highest BCUT2D eigenvalue weighted by Crippen LogP contribution is 2.16. The summed E-state index contributed by atoms with van der Waals surface area (Å²) in [5.74, 6) is 0.152. The van der Waals surface area contributed by atoms with E-state index in [-0.39, 0.29) is 12.0 Å². The van der Waals surface area contributed by atoms with Crippen LogP contribution in [0.4, 0.5) is 5.69 Å². The number of benzene rings is 1. The lowest BCUT2D eigenvalue weighted by Crippen LogP contribution is -2.28. The Morgan fingerprint density at radius 1 is 1.44 bits per heavy atom. The molecule has 0 spiro atoms. The average Bonchev–Trinajstić information content (AvgIpc) is 2.28. The summed E-state index contributed by atoms with van der Waals surface area (Å²) in [6, 6.07) is 9.77. The molecule has 2 unspecified atom stereocenters. The summed E-state index contributed by atoms with van der Waals surface area (Å²) in [4.78, 5) is 0. The number of nitrogens with zero attached hydrogens (tertiary/aromatic N) is 1. The van der Waals surface area contributed by atoms with Gasteiger partial charge in [0.05, 0.1) is 12.7 Å². The topological polar surface area (TPSA) is 45.0 Å². The van der Waals surface area contributed by atoms with Gasteiger partial charge in [0.2, 0.25) is 0 Å². The molecule has 0 aliphatic carbocycles. The quantitative estimate of drug-likeness (QED) is 0.903. The van der Waals surface area contributed by atoms with Crippen LogP contribution < -0.4 is 5.32 Å². The van der Waals surface area contributed by atoms with Crippen molar-refractivity contribution in [2.45, 2.75) is 13.0 Å². The van der Waals surface area contributed by atoms with Crippen LogP contribution in [-0.4, -0.2) is 19.8 Å². The van der Waals surface area contributed by atoms with Crippen molar-refractivity contribution in [2.24, 2.45) is 5.92 Å². The van der Waals surface area contributed by atoms with E-state index in [9.17, 15) is 0 Å². The maximum atomic E-state index is 9.06. The molecular formula is C12H15BrN2O. The van der Waals surface area contributed by atoms with Gasteiger partial charge in [0, 0.05) is 23.2 Å². The van der Waals surface area contributed by atoms with Crippen LogP contribution in [0, 0.1) is 17.2 Å². The number of nitriles is 1. The number of anilines is 1. The molecular weight excluding hydrogens is 268 g/mol. The number of methoxy groups -OCH3 is 1. The second-order valence-electron chi connectivity index (χ2n) is 3.69. The number of nitrogens with one attached hydrogen (secondary N) is 1. The number of ether oxygens (including phenoxy) is 1. The van der Waals surface area contributed by atoms with Gasteiger partial charge >= 0.3 is 0 Å². The highest BCUT2D eigenvalue weighted by molar-refractivity contribution is 9.10. The van der Waals surface area contributed by atoms with E-state index in [1.54, 1.807) is 7.11 Å². The van der Waals surface area contributed by atoms with Crippen molar-refractivity contribution in [1.29, 1.82) is 5.26 Å². The van der Waals surface area contributed by atoms with Crippen LogP contribution in [-0.2, 0) is 4.74 Å². The molecule has 0 aliphatic heterocycles. The molecule has 0 bridgehead atoms. The van der Waals surface area contributed by atoms with Gasteiger partial charge in [-0.1, -0.05) is 22.9 Å². The molecule has 0 saturated carbocycles. The highest BCUT2D eigenvalue weighted by atomic mass is 79.9. The zero-order valence-electron chi connectivity index (χ0n) is 9.40. The summed E-state index contributed by atoms with van der Waals surface area (Å²) in [6.07, 6.45) is 0. The Morgan fingerprint density at radius 2 is 2.06 bits per heavy atom. The molecule has 0 heterocycles. The van der Waals surface area contributed by atoms with Crippen molar-refractivity contribution in [1.82, 2.24) is 0 Å². The largest absolute Gasteiger partial charge is 0.384 e. The molecule has 0 fully saturated rings. The Balaban J connectivity index is 2.63. The molecule has 0 saturated heterocycles. The second-order valence-corrected chi connectivity index (χ2v) is 4.61. The van der Waals surface area contributed by atoms with E-state index in [4.69, 9.17) is 10.00 Å². The maximum absolute atomic E-state index is 9.06. The lowest BCUT2D eigenvalue weighted by molar-refractivity contribution is 0.157. The molecule has 0 radical (unpaired) electrons. The average molecular weight is 283 g/mol. The number of halogens is 1. The summed E-state index contributed by atoms with van der Waals surface area (Å²) in [6.45, 7) is 2.56. The van der Waals surface area contributed by atoms with Gasteiger partial charge in [-0.2, -0.15) is 5.26 Å². The van der Waals surface area contributed by atoms with Gasteiger partial charge in [-0.25, -0.2) is 0 Å². The first-order valence-electron chi connectivity index (χ1n) is 5.08. The van der Waals surface area contributed by atoms with E-state index in [0.717, 1.165) is 10.2 Å².